The summed E-state index contributed by atoms with van der Waals surface area (Å²) in [4.78, 5) is 28.4. The molecule has 0 aliphatic rings. The molecule has 1 amide bonds. The summed E-state index contributed by atoms with van der Waals surface area (Å²) in [6.45, 7) is 0. The minimum atomic E-state index is -1.07. The number of pyridine rings is 1. The van der Waals surface area contributed by atoms with E-state index in [1.54, 1.807) is 25.2 Å². The third-order valence-electron chi connectivity index (χ3n) is 2.82. The first-order valence-corrected chi connectivity index (χ1v) is 5.82. The van der Waals surface area contributed by atoms with Crippen LogP contribution in [-0.2, 0) is 0 Å². The molecule has 0 saturated carbocycles. The zero-order chi connectivity index (χ0) is 14.7. The molecule has 1 aromatic heterocycles. The molecular formula is C14H13N3O3. The SMILES string of the molecule is CN(C(=O)c1ccccn1)c1ccc(C(=O)O)cc1N. The highest BCUT2D eigenvalue weighted by Gasteiger charge is 2.17. The Labute approximate surface area is 115 Å². The van der Waals surface area contributed by atoms with E-state index in [1.807, 2.05) is 0 Å². The molecule has 1 aromatic carbocycles. The zero-order valence-corrected chi connectivity index (χ0v) is 10.8. The van der Waals surface area contributed by atoms with Gasteiger partial charge in [0.15, 0.2) is 0 Å². The van der Waals surface area contributed by atoms with E-state index in [1.165, 1.54) is 29.3 Å². The second kappa shape index (κ2) is 5.40. The van der Waals surface area contributed by atoms with Crippen LogP contribution < -0.4 is 10.6 Å². The van der Waals surface area contributed by atoms with Crippen molar-refractivity contribution in [2.45, 2.75) is 0 Å². The molecule has 2 aromatic rings. The first-order chi connectivity index (χ1) is 9.50. The Hall–Kier alpha value is -2.89. The normalized spacial score (nSPS) is 10.1. The molecule has 0 bridgehead atoms. The number of carboxylic acid groups (broad SMARTS) is 1. The number of nitrogens with zero attached hydrogens (tertiary/aromatic N) is 2. The summed E-state index contributed by atoms with van der Waals surface area (Å²) in [6, 6.07) is 9.24. The molecule has 0 aliphatic carbocycles. The largest absolute Gasteiger partial charge is 0.478 e. The Kier molecular flexibility index (Phi) is 3.65. The molecule has 6 heteroatoms. The smallest absolute Gasteiger partial charge is 0.335 e. The number of carbonyl (C=O) groups is 2. The van der Waals surface area contributed by atoms with Crippen molar-refractivity contribution in [3.63, 3.8) is 0 Å². The Morgan fingerprint density at radius 3 is 2.55 bits per heavy atom. The van der Waals surface area contributed by atoms with Crippen LogP contribution in [0, 0.1) is 0 Å². The van der Waals surface area contributed by atoms with Gasteiger partial charge >= 0.3 is 5.97 Å². The maximum Gasteiger partial charge on any atom is 0.335 e. The number of anilines is 2. The van der Waals surface area contributed by atoms with Gasteiger partial charge in [0, 0.05) is 13.2 Å². The van der Waals surface area contributed by atoms with E-state index in [-0.39, 0.29) is 22.9 Å². The molecule has 0 aliphatic heterocycles. The molecule has 0 atom stereocenters. The molecule has 1 heterocycles. The van der Waals surface area contributed by atoms with Gasteiger partial charge in [-0.3, -0.25) is 9.78 Å². The first kappa shape index (κ1) is 13.5. The third kappa shape index (κ3) is 2.59. The Bertz CT molecular complexity index is 656. The summed E-state index contributed by atoms with van der Waals surface area (Å²) in [5.41, 5.74) is 6.82. The van der Waals surface area contributed by atoms with Crippen LogP contribution in [0.4, 0.5) is 11.4 Å². The highest BCUT2D eigenvalue weighted by atomic mass is 16.4. The van der Waals surface area contributed by atoms with Crippen molar-refractivity contribution >= 4 is 23.3 Å². The number of hydrogen-bond acceptors (Lipinski definition) is 4. The first-order valence-electron chi connectivity index (χ1n) is 5.82. The van der Waals surface area contributed by atoms with Crippen LogP contribution in [-0.4, -0.2) is 29.0 Å². The molecule has 6 nitrogen and oxygen atoms in total. The summed E-state index contributed by atoms with van der Waals surface area (Å²) in [6.07, 6.45) is 1.53. The average Bonchev–Trinajstić information content (AvgIpc) is 2.46. The van der Waals surface area contributed by atoms with Gasteiger partial charge in [-0.25, -0.2) is 4.79 Å². The zero-order valence-electron chi connectivity index (χ0n) is 10.8. The number of aromatic nitrogens is 1. The lowest BCUT2D eigenvalue weighted by Gasteiger charge is -2.19. The van der Waals surface area contributed by atoms with Gasteiger partial charge in [-0.1, -0.05) is 6.07 Å². The van der Waals surface area contributed by atoms with Crippen LogP contribution in [0.15, 0.2) is 42.6 Å². The van der Waals surface area contributed by atoms with Gasteiger partial charge in [0.1, 0.15) is 5.69 Å². The molecule has 0 saturated heterocycles. The van der Waals surface area contributed by atoms with Crippen LogP contribution in [0.3, 0.4) is 0 Å². The summed E-state index contributed by atoms with van der Waals surface area (Å²) in [7, 11) is 1.56. The standard InChI is InChI=1S/C14H13N3O3/c1-17(13(18)11-4-2-3-7-16-11)12-6-5-9(14(19)20)8-10(12)15/h2-8H,15H2,1H3,(H,19,20). The lowest BCUT2D eigenvalue weighted by atomic mass is 10.1. The average molecular weight is 271 g/mol. The number of hydrogen-bond donors (Lipinski definition) is 2. The molecule has 0 radical (unpaired) electrons. The van der Waals surface area contributed by atoms with Crippen LogP contribution in [0.1, 0.15) is 20.8 Å². The molecule has 0 unspecified atom stereocenters. The predicted octanol–water partition coefficient (Wildman–Crippen LogP) is 1.64. The second-order valence-corrected chi connectivity index (χ2v) is 4.16. The van der Waals surface area contributed by atoms with Gasteiger partial charge in [-0.2, -0.15) is 0 Å². The number of amides is 1. The van der Waals surface area contributed by atoms with Gasteiger partial charge in [0.2, 0.25) is 0 Å². The van der Waals surface area contributed by atoms with Crippen molar-refractivity contribution in [3.05, 3.63) is 53.9 Å². The lowest BCUT2D eigenvalue weighted by molar-refractivity contribution is 0.0697. The van der Waals surface area contributed by atoms with E-state index in [4.69, 9.17) is 10.8 Å². The van der Waals surface area contributed by atoms with Crippen molar-refractivity contribution in [1.29, 1.82) is 0 Å². The number of carboxylic acids is 1. The van der Waals surface area contributed by atoms with Gasteiger partial charge < -0.3 is 15.7 Å². The fraction of sp³-hybridized carbons (Fsp3) is 0.0714. The second-order valence-electron chi connectivity index (χ2n) is 4.16. The number of nitrogen functional groups attached to an aromatic ring is 1. The van der Waals surface area contributed by atoms with Gasteiger partial charge in [-0.05, 0) is 30.3 Å². The fourth-order valence-electron chi connectivity index (χ4n) is 1.76. The van der Waals surface area contributed by atoms with Crippen LogP contribution in [0.5, 0.6) is 0 Å². The van der Waals surface area contributed by atoms with Crippen molar-refractivity contribution in [3.8, 4) is 0 Å². The number of nitrogens with two attached hydrogens (primary N) is 1. The Morgan fingerprint density at radius 1 is 1.25 bits per heavy atom. The molecule has 0 spiro atoms. The molecule has 20 heavy (non-hydrogen) atoms. The summed E-state index contributed by atoms with van der Waals surface area (Å²) < 4.78 is 0. The Morgan fingerprint density at radius 2 is 2.00 bits per heavy atom. The van der Waals surface area contributed by atoms with Crippen molar-refractivity contribution in [1.82, 2.24) is 4.98 Å². The van der Waals surface area contributed by atoms with E-state index < -0.39 is 5.97 Å². The lowest BCUT2D eigenvalue weighted by Crippen LogP contribution is -2.27. The molecule has 0 fully saturated rings. The van der Waals surface area contributed by atoms with E-state index >= 15 is 0 Å². The molecule has 102 valence electrons. The molecule has 3 N–H and O–H groups in total. The monoisotopic (exact) mass is 271 g/mol. The van der Waals surface area contributed by atoms with Crippen molar-refractivity contribution < 1.29 is 14.7 Å². The van der Waals surface area contributed by atoms with Crippen molar-refractivity contribution in [2.24, 2.45) is 0 Å². The summed E-state index contributed by atoms with van der Waals surface area (Å²) in [5.74, 6) is -1.39. The Balaban J connectivity index is 2.32. The summed E-state index contributed by atoms with van der Waals surface area (Å²) >= 11 is 0. The van der Waals surface area contributed by atoms with Crippen LogP contribution >= 0.6 is 0 Å². The highest BCUT2D eigenvalue weighted by Crippen LogP contribution is 2.24. The minimum absolute atomic E-state index is 0.0740. The van der Waals surface area contributed by atoms with Gasteiger partial charge in [0.05, 0.1) is 16.9 Å². The van der Waals surface area contributed by atoms with Crippen molar-refractivity contribution in [2.75, 3.05) is 17.7 Å². The summed E-state index contributed by atoms with van der Waals surface area (Å²) in [5, 5.41) is 8.88. The number of benzene rings is 1. The van der Waals surface area contributed by atoms with Gasteiger partial charge in [-0.15, -0.1) is 0 Å². The predicted molar refractivity (Wildman–Crippen MR) is 74.8 cm³/mol. The van der Waals surface area contributed by atoms with E-state index in [2.05, 4.69) is 4.98 Å². The quantitative estimate of drug-likeness (QED) is 0.827. The number of carbonyl (C=O) groups excluding carboxylic acids is 1. The van der Waals surface area contributed by atoms with E-state index in [0.717, 1.165) is 0 Å². The maximum absolute atomic E-state index is 12.2. The number of rotatable bonds is 3. The number of aromatic carboxylic acids is 1. The van der Waals surface area contributed by atoms with E-state index in [0.29, 0.717) is 5.69 Å². The highest BCUT2D eigenvalue weighted by molar-refractivity contribution is 6.06. The van der Waals surface area contributed by atoms with E-state index in [9.17, 15) is 9.59 Å². The topological polar surface area (TPSA) is 96.5 Å². The molecular weight excluding hydrogens is 258 g/mol. The molecule has 2 rings (SSSR count). The third-order valence-corrected chi connectivity index (χ3v) is 2.82. The fourth-order valence-corrected chi connectivity index (χ4v) is 1.76. The minimum Gasteiger partial charge on any atom is -0.478 e. The van der Waals surface area contributed by atoms with Gasteiger partial charge in [0.25, 0.3) is 5.91 Å². The van der Waals surface area contributed by atoms with Crippen LogP contribution in [0.25, 0.3) is 0 Å². The maximum atomic E-state index is 12.2. The van der Waals surface area contributed by atoms with Crippen LogP contribution in [0.2, 0.25) is 0 Å².